The molecule has 0 aromatic heterocycles. The molecule has 0 aromatic rings. The Labute approximate surface area is 121 Å². The highest BCUT2D eigenvalue weighted by Gasteiger charge is 2.46. The monoisotopic (exact) mass is 300 g/mol. The Hall–Kier alpha value is -0.780. The van der Waals surface area contributed by atoms with Crippen LogP contribution in [0.1, 0.15) is 44.9 Å². The Balaban J connectivity index is 1.56. The number of urea groups is 1. The molecule has 4 atom stereocenters. The summed E-state index contributed by atoms with van der Waals surface area (Å²) in [7, 11) is -2.99. The van der Waals surface area contributed by atoms with Gasteiger partial charge in [0.05, 0.1) is 5.25 Å². The first kappa shape index (κ1) is 14.2. The summed E-state index contributed by atoms with van der Waals surface area (Å²) < 4.78 is 23.3. The number of hydrogen-bond donors (Lipinski definition) is 1. The van der Waals surface area contributed by atoms with Gasteiger partial charge in [-0.1, -0.05) is 6.42 Å². The molecule has 1 heterocycles. The minimum atomic E-state index is -2.99. The molecule has 1 saturated heterocycles. The molecule has 0 spiro atoms. The fourth-order valence-corrected chi connectivity index (χ4v) is 4.96. The third kappa shape index (κ3) is 2.95. The van der Waals surface area contributed by atoms with Crippen LogP contribution in [-0.4, -0.2) is 49.5 Å². The molecule has 3 rings (SSSR count). The first-order valence-electron chi connectivity index (χ1n) is 7.71. The zero-order valence-electron chi connectivity index (χ0n) is 12.0. The summed E-state index contributed by atoms with van der Waals surface area (Å²) in [4.78, 5) is 14.3. The molecule has 20 heavy (non-hydrogen) atoms. The highest BCUT2D eigenvalue weighted by molar-refractivity contribution is 7.91. The van der Waals surface area contributed by atoms with E-state index in [2.05, 4.69) is 5.32 Å². The first-order valence-corrected chi connectivity index (χ1v) is 9.66. The van der Waals surface area contributed by atoms with Crippen molar-refractivity contribution in [3.05, 3.63) is 0 Å². The molecule has 2 amide bonds. The van der Waals surface area contributed by atoms with Gasteiger partial charge in [0.2, 0.25) is 0 Å². The lowest BCUT2D eigenvalue weighted by Gasteiger charge is -2.32. The molecule has 1 N–H and O–H groups in total. The molecule has 0 radical (unpaired) electrons. The van der Waals surface area contributed by atoms with Crippen molar-refractivity contribution in [3.8, 4) is 0 Å². The Bertz CT molecular complexity index is 491. The van der Waals surface area contributed by atoms with Crippen molar-refractivity contribution in [3.63, 3.8) is 0 Å². The summed E-state index contributed by atoms with van der Waals surface area (Å²) >= 11 is 0. The van der Waals surface area contributed by atoms with Crippen LogP contribution in [0.25, 0.3) is 0 Å². The maximum atomic E-state index is 12.3. The summed E-state index contributed by atoms with van der Waals surface area (Å²) in [6.45, 7) is 0.856. The van der Waals surface area contributed by atoms with Crippen LogP contribution in [-0.2, 0) is 9.84 Å². The zero-order chi connectivity index (χ0) is 14.3. The number of carbonyl (C=O) groups excluding carboxylic acids is 1. The fourth-order valence-electron chi connectivity index (χ4n) is 3.79. The van der Waals surface area contributed by atoms with Gasteiger partial charge in [0.25, 0.3) is 0 Å². The van der Waals surface area contributed by atoms with E-state index in [-0.39, 0.29) is 17.3 Å². The van der Waals surface area contributed by atoms with Gasteiger partial charge in [-0.3, -0.25) is 0 Å². The van der Waals surface area contributed by atoms with Crippen molar-refractivity contribution < 1.29 is 13.2 Å². The summed E-state index contributed by atoms with van der Waals surface area (Å²) in [6, 6.07) is 0.504. The van der Waals surface area contributed by atoms with Crippen LogP contribution in [0.5, 0.6) is 0 Å². The molecule has 5 nitrogen and oxygen atoms in total. The normalized spacial score (nSPS) is 37.1. The molecule has 3 fully saturated rings. The number of sulfone groups is 1. The third-order valence-electron chi connectivity index (χ3n) is 5.08. The second kappa shape index (κ2) is 5.20. The van der Waals surface area contributed by atoms with Crippen molar-refractivity contribution >= 4 is 15.9 Å². The van der Waals surface area contributed by atoms with E-state index >= 15 is 0 Å². The average Bonchev–Trinajstić information content (AvgIpc) is 3.16. The number of nitrogens with one attached hydrogen (secondary N) is 1. The number of amides is 2. The third-order valence-corrected chi connectivity index (χ3v) is 6.72. The maximum Gasteiger partial charge on any atom is 0.317 e. The van der Waals surface area contributed by atoms with Gasteiger partial charge >= 0.3 is 6.03 Å². The molecular formula is C14H24N2O3S. The molecular weight excluding hydrogens is 276 g/mol. The Morgan fingerprint density at radius 2 is 1.95 bits per heavy atom. The molecule has 0 aromatic carbocycles. The quantitative estimate of drug-likeness (QED) is 0.841. The lowest BCUT2D eigenvalue weighted by molar-refractivity contribution is 0.174. The molecule has 2 saturated carbocycles. The molecule has 0 bridgehead atoms. The second-order valence-corrected chi connectivity index (χ2v) is 8.99. The average molecular weight is 300 g/mol. The van der Waals surface area contributed by atoms with E-state index in [9.17, 15) is 13.2 Å². The van der Waals surface area contributed by atoms with Crippen molar-refractivity contribution in [1.82, 2.24) is 10.2 Å². The van der Waals surface area contributed by atoms with Gasteiger partial charge in [0.1, 0.15) is 9.84 Å². The Kier molecular flexibility index (Phi) is 3.69. The number of piperidine rings is 1. The first-order chi connectivity index (χ1) is 9.45. The number of hydrogen-bond acceptors (Lipinski definition) is 3. The van der Waals surface area contributed by atoms with Gasteiger partial charge in [-0.05, 0) is 44.4 Å². The maximum absolute atomic E-state index is 12.3. The zero-order valence-corrected chi connectivity index (χ0v) is 12.9. The molecule has 2 aliphatic carbocycles. The molecule has 114 valence electrons. The van der Waals surface area contributed by atoms with E-state index in [1.807, 2.05) is 4.90 Å². The number of fused-ring (bicyclic) bond motifs is 1. The molecule has 1 aliphatic heterocycles. The number of rotatable bonds is 2. The number of carbonyl (C=O) groups is 1. The fraction of sp³-hybridized carbons (Fsp3) is 0.929. The molecule has 3 aliphatic rings. The van der Waals surface area contributed by atoms with Crippen LogP contribution in [0.3, 0.4) is 0 Å². The minimum Gasteiger partial charge on any atom is -0.335 e. The van der Waals surface area contributed by atoms with E-state index in [1.54, 1.807) is 0 Å². The van der Waals surface area contributed by atoms with Crippen LogP contribution >= 0.6 is 0 Å². The standard InChI is InChI=1S/C14H24N2O3S/c1-20(18,19)12-6-2-5-11(9-12)15-14(17)16-7-3-4-10-8-13(10)16/h10-13H,2-9H2,1H3,(H,15,17). The van der Waals surface area contributed by atoms with Crippen LogP contribution < -0.4 is 5.32 Å². The van der Waals surface area contributed by atoms with Gasteiger partial charge in [-0.2, -0.15) is 0 Å². The molecule has 4 unspecified atom stereocenters. The lowest BCUT2D eigenvalue weighted by atomic mass is 9.95. The highest BCUT2D eigenvalue weighted by Crippen LogP contribution is 2.43. The van der Waals surface area contributed by atoms with E-state index in [4.69, 9.17) is 0 Å². The predicted molar refractivity (Wildman–Crippen MR) is 77.3 cm³/mol. The van der Waals surface area contributed by atoms with E-state index < -0.39 is 9.84 Å². The van der Waals surface area contributed by atoms with Crippen LogP contribution in [0.4, 0.5) is 4.79 Å². The smallest absolute Gasteiger partial charge is 0.317 e. The number of likely N-dealkylation sites (tertiary alicyclic amines) is 1. The molecule has 6 heteroatoms. The van der Waals surface area contributed by atoms with Crippen molar-refractivity contribution in [2.75, 3.05) is 12.8 Å². The van der Waals surface area contributed by atoms with Crippen LogP contribution in [0.15, 0.2) is 0 Å². The minimum absolute atomic E-state index is 0.0232. The van der Waals surface area contributed by atoms with Crippen molar-refractivity contribution in [2.45, 2.75) is 62.3 Å². The van der Waals surface area contributed by atoms with Gasteiger partial charge in [0.15, 0.2) is 0 Å². The van der Waals surface area contributed by atoms with Crippen LogP contribution in [0.2, 0.25) is 0 Å². The van der Waals surface area contributed by atoms with Gasteiger partial charge < -0.3 is 10.2 Å². The SMILES string of the molecule is CS(=O)(=O)C1CCCC(NC(=O)N2CCCC3CC32)C1. The summed E-state index contributed by atoms with van der Waals surface area (Å²) in [5, 5.41) is 2.79. The second-order valence-electron chi connectivity index (χ2n) is 6.66. The van der Waals surface area contributed by atoms with E-state index in [1.165, 1.54) is 12.7 Å². The lowest BCUT2D eigenvalue weighted by Crippen LogP contribution is -2.49. The topological polar surface area (TPSA) is 66.5 Å². The van der Waals surface area contributed by atoms with Crippen LogP contribution in [0, 0.1) is 5.92 Å². The largest absolute Gasteiger partial charge is 0.335 e. The summed E-state index contributed by atoms with van der Waals surface area (Å²) in [5.41, 5.74) is 0. The van der Waals surface area contributed by atoms with Crippen molar-refractivity contribution in [1.29, 1.82) is 0 Å². The Morgan fingerprint density at radius 3 is 2.70 bits per heavy atom. The van der Waals surface area contributed by atoms with E-state index in [0.717, 1.165) is 44.6 Å². The van der Waals surface area contributed by atoms with E-state index in [0.29, 0.717) is 12.5 Å². The van der Waals surface area contributed by atoms with Gasteiger partial charge in [0, 0.05) is 24.9 Å². The predicted octanol–water partition coefficient (Wildman–Crippen LogP) is 1.54. The highest BCUT2D eigenvalue weighted by atomic mass is 32.2. The summed E-state index contributed by atoms with van der Waals surface area (Å²) in [6.07, 6.45) is 7.92. The number of nitrogens with zero attached hydrogens (tertiary/aromatic N) is 1. The van der Waals surface area contributed by atoms with Crippen molar-refractivity contribution in [2.24, 2.45) is 5.92 Å². The van der Waals surface area contributed by atoms with Gasteiger partial charge in [-0.25, -0.2) is 13.2 Å². The Morgan fingerprint density at radius 1 is 1.15 bits per heavy atom. The summed E-state index contributed by atoms with van der Waals surface area (Å²) in [5.74, 6) is 0.727. The van der Waals surface area contributed by atoms with Gasteiger partial charge in [-0.15, -0.1) is 0 Å².